The predicted molar refractivity (Wildman–Crippen MR) is 74.3 cm³/mol. The smallest absolute Gasteiger partial charge is 0.268 e. The van der Waals surface area contributed by atoms with E-state index in [2.05, 4.69) is 39.7 Å². The Kier molecular flexibility index (Phi) is 3.91. The van der Waals surface area contributed by atoms with Crippen molar-refractivity contribution in [3.05, 3.63) is 45.7 Å². The van der Waals surface area contributed by atoms with Crippen molar-refractivity contribution in [2.75, 3.05) is 0 Å². The van der Waals surface area contributed by atoms with Gasteiger partial charge in [0.15, 0.2) is 0 Å². The molecule has 0 saturated heterocycles. The van der Waals surface area contributed by atoms with E-state index in [0.29, 0.717) is 22.6 Å². The zero-order chi connectivity index (χ0) is 13.1. The molecule has 0 aromatic carbocycles. The Morgan fingerprint density at radius 1 is 1.33 bits per heavy atom. The molecule has 18 heavy (non-hydrogen) atoms. The zero-order valence-electron chi connectivity index (χ0n) is 10.3. The Morgan fingerprint density at radius 2 is 2.00 bits per heavy atom. The lowest BCUT2D eigenvalue weighted by molar-refractivity contribution is 0.504. The number of hydrogen-bond donors (Lipinski definition) is 0. The Morgan fingerprint density at radius 3 is 2.61 bits per heavy atom. The van der Waals surface area contributed by atoms with E-state index < -0.39 is 0 Å². The molecule has 0 saturated carbocycles. The Labute approximate surface area is 114 Å². The van der Waals surface area contributed by atoms with Crippen LogP contribution in [0.25, 0.3) is 11.3 Å². The van der Waals surface area contributed by atoms with E-state index >= 15 is 0 Å². The molecule has 2 rings (SSSR count). The van der Waals surface area contributed by atoms with Crippen LogP contribution >= 0.6 is 15.9 Å². The van der Waals surface area contributed by atoms with Crippen LogP contribution in [0.2, 0.25) is 0 Å². The third-order valence-corrected chi connectivity index (χ3v) is 3.21. The fourth-order valence-electron chi connectivity index (χ4n) is 1.70. The van der Waals surface area contributed by atoms with Crippen molar-refractivity contribution in [2.24, 2.45) is 5.92 Å². The Balaban J connectivity index is 2.48. The summed E-state index contributed by atoms with van der Waals surface area (Å²) in [7, 11) is 0. The summed E-state index contributed by atoms with van der Waals surface area (Å²) in [4.78, 5) is 20.5. The number of rotatable bonds is 3. The van der Waals surface area contributed by atoms with Gasteiger partial charge in [0, 0.05) is 24.5 Å². The minimum absolute atomic E-state index is 0.0505. The van der Waals surface area contributed by atoms with Gasteiger partial charge in [0.05, 0.1) is 12.0 Å². The molecule has 5 heteroatoms. The normalized spacial score (nSPS) is 10.9. The molecule has 0 N–H and O–H groups in total. The lowest BCUT2D eigenvalue weighted by Crippen LogP contribution is -2.24. The van der Waals surface area contributed by atoms with Crippen LogP contribution in [0.4, 0.5) is 0 Å². The van der Waals surface area contributed by atoms with Crippen molar-refractivity contribution in [2.45, 2.75) is 20.4 Å². The summed E-state index contributed by atoms with van der Waals surface area (Å²) >= 11 is 3.34. The highest BCUT2D eigenvalue weighted by Gasteiger charge is 2.11. The van der Waals surface area contributed by atoms with Crippen molar-refractivity contribution in [3.63, 3.8) is 0 Å². The Bertz CT molecular complexity index is 593. The Hall–Kier alpha value is -1.49. The van der Waals surface area contributed by atoms with Gasteiger partial charge >= 0.3 is 0 Å². The molecule has 0 fully saturated rings. The molecule has 0 spiro atoms. The van der Waals surface area contributed by atoms with E-state index in [1.807, 2.05) is 12.1 Å². The van der Waals surface area contributed by atoms with E-state index in [1.165, 1.54) is 0 Å². The van der Waals surface area contributed by atoms with Gasteiger partial charge in [-0.3, -0.25) is 14.3 Å². The summed E-state index contributed by atoms with van der Waals surface area (Å²) in [5.74, 6) is 0.406. The highest BCUT2D eigenvalue weighted by Crippen LogP contribution is 2.21. The molecule has 0 aliphatic carbocycles. The summed E-state index contributed by atoms with van der Waals surface area (Å²) in [6.45, 7) is 4.80. The minimum atomic E-state index is -0.0505. The first kappa shape index (κ1) is 13.0. The van der Waals surface area contributed by atoms with Gasteiger partial charge in [-0.25, -0.2) is 4.98 Å². The fourth-order valence-corrected chi connectivity index (χ4v) is 2.26. The summed E-state index contributed by atoms with van der Waals surface area (Å²) in [6.07, 6.45) is 4.97. The third kappa shape index (κ3) is 2.67. The summed E-state index contributed by atoms with van der Waals surface area (Å²) < 4.78 is 2.12. The van der Waals surface area contributed by atoms with Crippen LogP contribution < -0.4 is 5.56 Å². The predicted octanol–water partition coefficient (Wildman–Crippen LogP) is 2.72. The molecule has 2 aromatic heterocycles. The highest BCUT2D eigenvalue weighted by molar-refractivity contribution is 9.10. The van der Waals surface area contributed by atoms with Crippen molar-refractivity contribution in [1.82, 2.24) is 14.5 Å². The van der Waals surface area contributed by atoms with Crippen LogP contribution in [-0.4, -0.2) is 14.5 Å². The molecule has 0 bridgehead atoms. The van der Waals surface area contributed by atoms with E-state index in [0.717, 1.165) is 5.56 Å². The molecule has 0 amide bonds. The lowest BCUT2D eigenvalue weighted by Gasteiger charge is -2.10. The number of nitrogens with zero attached hydrogens (tertiary/aromatic N) is 3. The number of aromatic nitrogens is 3. The largest absolute Gasteiger partial charge is 0.298 e. The van der Waals surface area contributed by atoms with Crippen LogP contribution in [0.5, 0.6) is 0 Å². The van der Waals surface area contributed by atoms with Gasteiger partial charge in [0.2, 0.25) is 0 Å². The van der Waals surface area contributed by atoms with E-state index in [1.54, 1.807) is 23.3 Å². The van der Waals surface area contributed by atoms with Crippen LogP contribution in [0.3, 0.4) is 0 Å². The first-order valence-corrected chi connectivity index (χ1v) is 6.54. The SMILES string of the molecule is CC(C)Cn1cnc(-c2ccncc2)c(Br)c1=O. The van der Waals surface area contributed by atoms with Crippen LogP contribution in [-0.2, 0) is 6.54 Å². The number of hydrogen-bond acceptors (Lipinski definition) is 3. The van der Waals surface area contributed by atoms with Gasteiger partial charge in [-0.05, 0) is 34.0 Å². The molecule has 0 radical (unpaired) electrons. The molecule has 0 aliphatic rings. The van der Waals surface area contributed by atoms with Gasteiger partial charge in [-0.15, -0.1) is 0 Å². The second-order valence-electron chi connectivity index (χ2n) is 4.49. The maximum atomic E-state index is 12.2. The average molecular weight is 308 g/mol. The molecule has 4 nitrogen and oxygen atoms in total. The molecular formula is C13H14BrN3O. The molecule has 94 valence electrons. The average Bonchev–Trinajstić information content (AvgIpc) is 2.36. The fraction of sp³-hybridized carbons (Fsp3) is 0.308. The number of pyridine rings is 1. The van der Waals surface area contributed by atoms with Gasteiger partial charge < -0.3 is 0 Å². The molecule has 0 aliphatic heterocycles. The second-order valence-corrected chi connectivity index (χ2v) is 5.29. The summed E-state index contributed by atoms with van der Waals surface area (Å²) in [5.41, 5.74) is 1.48. The standard InChI is InChI=1S/C13H14BrN3O/c1-9(2)7-17-8-16-12(11(14)13(17)18)10-3-5-15-6-4-10/h3-6,8-9H,7H2,1-2H3. The summed E-state index contributed by atoms with van der Waals surface area (Å²) in [5, 5.41) is 0. The van der Waals surface area contributed by atoms with Crippen molar-refractivity contribution >= 4 is 15.9 Å². The van der Waals surface area contributed by atoms with Gasteiger partial charge in [-0.2, -0.15) is 0 Å². The molecule has 0 unspecified atom stereocenters. The monoisotopic (exact) mass is 307 g/mol. The highest BCUT2D eigenvalue weighted by atomic mass is 79.9. The summed E-state index contributed by atoms with van der Waals surface area (Å²) in [6, 6.07) is 3.67. The minimum Gasteiger partial charge on any atom is -0.298 e. The van der Waals surface area contributed by atoms with Crippen molar-refractivity contribution < 1.29 is 0 Å². The van der Waals surface area contributed by atoms with Crippen LogP contribution in [0, 0.1) is 5.92 Å². The first-order chi connectivity index (χ1) is 8.59. The third-order valence-electron chi connectivity index (χ3n) is 2.50. The van der Waals surface area contributed by atoms with Crippen LogP contribution in [0.15, 0.2) is 40.1 Å². The van der Waals surface area contributed by atoms with Crippen molar-refractivity contribution in [3.8, 4) is 11.3 Å². The van der Waals surface area contributed by atoms with E-state index in [-0.39, 0.29) is 5.56 Å². The molecule has 0 atom stereocenters. The second kappa shape index (κ2) is 5.44. The van der Waals surface area contributed by atoms with Crippen LogP contribution in [0.1, 0.15) is 13.8 Å². The van der Waals surface area contributed by atoms with Crippen molar-refractivity contribution in [1.29, 1.82) is 0 Å². The molecule has 2 aromatic rings. The molecular weight excluding hydrogens is 294 g/mol. The van der Waals surface area contributed by atoms with E-state index in [9.17, 15) is 4.79 Å². The quantitative estimate of drug-likeness (QED) is 0.876. The van der Waals surface area contributed by atoms with E-state index in [4.69, 9.17) is 0 Å². The van der Waals surface area contributed by atoms with Gasteiger partial charge in [0.1, 0.15) is 4.47 Å². The maximum absolute atomic E-state index is 12.2. The maximum Gasteiger partial charge on any atom is 0.268 e. The topological polar surface area (TPSA) is 47.8 Å². The van der Waals surface area contributed by atoms with Gasteiger partial charge in [0.25, 0.3) is 5.56 Å². The number of halogens is 1. The lowest BCUT2D eigenvalue weighted by atomic mass is 10.2. The van der Waals surface area contributed by atoms with Gasteiger partial charge in [-0.1, -0.05) is 13.8 Å². The zero-order valence-corrected chi connectivity index (χ0v) is 11.9. The first-order valence-electron chi connectivity index (χ1n) is 5.75. The molecule has 2 heterocycles.